The Balaban J connectivity index is 1.78. The molecule has 4 heteroatoms. The molecule has 1 unspecified atom stereocenters. The van der Waals surface area contributed by atoms with Gasteiger partial charge in [0, 0.05) is 26.9 Å². The van der Waals surface area contributed by atoms with Gasteiger partial charge in [0.15, 0.2) is 6.23 Å². The maximum Gasteiger partial charge on any atom is 0.157 e. The van der Waals surface area contributed by atoms with Crippen molar-refractivity contribution in [3.05, 3.63) is 135 Å². The van der Waals surface area contributed by atoms with E-state index >= 15 is 0 Å². The van der Waals surface area contributed by atoms with Gasteiger partial charge in [0.1, 0.15) is 5.60 Å². The molecule has 4 aromatic rings. The van der Waals surface area contributed by atoms with Gasteiger partial charge in [0.05, 0.1) is 0 Å². The van der Waals surface area contributed by atoms with Crippen molar-refractivity contribution in [2.75, 3.05) is 5.32 Å². The second-order valence-corrected chi connectivity index (χ2v) is 8.11. The zero-order chi connectivity index (χ0) is 20.6. The lowest BCUT2D eigenvalue weighted by Crippen LogP contribution is -2.40. The van der Waals surface area contributed by atoms with Crippen molar-refractivity contribution in [2.45, 2.75) is 11.8 Å². The SMILES string of the molecule is Clc1ccc(C2Nc3ccccc3C(c3ccccc3)(c3ccccc3)O2)c(Cl)c1. The van der Waals surface area contributed by atoms with Crippen molar-refractivity contribution in [1.82, 2.24) is 0 Å². The van der Waals surface area contributed by atoms with Crippen LogP contribution in [0.15, 0.2) is 103 Å². The number of halogens is 2. The molecule has 4 aromatic carbocycles. The summed E-state index contributed by atoms with van der Waals surface area (Å²) in [5.41, 5.74) is 4.22. The Kier molecular flexibility index (Phi) is 5.00. The van der Waals surface area contributed by atoms with Gasteiger partial charge < -0.3 is 10.1 Å². The predicted octanol–water partition coefficient (Wildman–Crippen LogP) is 7.43. The summed E-state index contributed by atoms with van der Waals surface area (Å²) in [6, 6.07) is 34.4. The van der Waals surface area contributed by atoms with E-state index in [0.29, 0.717) is 10.0 Å². The molecule has 0 aliphatic carbocycles. The average Bonchev–Trinajstić information content (AvgIpc) is 2.79. The number of hydrogen-bond acceptors (Lipinski definition) is 2. The highest BCUT2D eigenvalue weighted by Crippen LogP contribution is 2.50. The molecule has 30 heavy (non-hydrogen) atoms. The third-order valence-electron chi connectivity index (χ3n) is 5.49. The first-order valence-electron chi connectivity index (χ1n) is 9.78. The minimum atomic E-state index is -0.794. The van der Waals surface area contributed by atoms with Crippen LogP contribution in [0.1, 0.15) is 28.5 Å². The lowest BCUT2D eigenvalue weighted by molar-refractivity contribution is -0.0431. The van der Waals surface area contributed by atoms with Gasteiger partial charge in [0.2, 0.25) is 0 Å². The van der Waals surface area contributed by atoms with Gasteiger partial charge in [-0.15, -0.1) is 0 Å². The first-order chi connectivity index (χ1) is 14.7. The third kappa shape index (κ3) is 3.18. The molecule has 1 atom stereocenters. The van der Waals surface area contributed by atoms with Crippen LogP contribution in [0.4, 0.5) is 5.69 Å². The number of anilines is 1. The molecule has 0 spiro atoms. The number of ether oxygens (including phenoxy) is 1. The van der Waals surface area contributed by atoms with Crippen LogP contribution in [0, 0.1) is 0 Å². The van der Waals surface area contributed by atoms with Crippen LogP contribution in [0.5, 0.6) is 0 Å². The standard InChI is InChI=1S/C26H19Cl2NO/c27-20-15-16-21(23(28)17-20)25-29-24-14-8-7-13-22(24)26(30-25,18-9-3-1-4-10-18)19-11-5-2-6-12-19/h1-17,25,29H. The van der Waals surface area contributed by atoms with Crippen molar-refractivity contribution < 1.29 is 4.74 Å². The summed E-state index contributed by atoms with van der Waals surface area (Å²) in [5, 5.41) is 4.68. The molecule has 0 aromatic heterocycles. The van der Waals surface area contributed by atoms with Crippen LogP contribution in [-0.4, -0.2) is 0 Å². The van der Waals surface area contributed by atoms with Crippen LogP contribution in [-0.2, 0) is 10.3 Å². The number of nitrogens with one attached hydrogen (secondary N) is 1. The Hall–Kier alpha value is -2.78. The second-order valence-electron chi connectivity index (χ2n) is 7.27. The molecular weight excluding hydrogens is 413 g/mol. The molecule has 0 saturated carbocycles. The van der Waals surface area contributed by atoms with E-state index in [1.807, 2.05) is 60.7 Å². The Morgan fingerprint density at radius 1 is 0.700 bits per heavy atom. The Morgan fingerprint density at radius 2 is 1.30 bits per heavy atom. The molecule has 0 fully saturated rings. The quantitative estimate of drug-likeness (QED) is 0.364. The molecule has 1 heterocycles. The summed E-state index contributed by atoms with van der Waals surface area (Å²) in [7, 11) is 0. The lowest BCUT2D eigenvalue weighted by atomic mass is 9.78. The first-order valence-corrected chi connectivity index (χ1v) is 10.5. The van der Waals surface area contributed by atoms with E-state index in [0.717, 1.165) is 27.9 Å². The van der Waals surface area contributed by atoms with Crippen LogP contribution < -0.4 is 5.32 Å². The molecule has 0 radical (unpaired) electrons. The molecule has 5 rings (SSSR count). The number of benzene rings is 4. The fraction of sp³-hybridized carbons (Fsp3) is 0.0769. The summed E-state index contributed by atoms with van der Waals surface area (Å²) in [6.45, 7) is 0. The highest BCUT2D eigenvalue weighted by Gasteiger charge is 2.45. The fourth-order valence-corrected chi connectivity index (χ4v) is 4.65. The zero-order valence-electron chi connectivity index (χ0n) is 16.1. The number of rotatable bonds is 3. The molecule has 1 aliphatic heterocycles. The van der Waals surface area contributed by atoms with Crippen molar-refractivity contribution in [2.24, 2.45) is 0 Å². The van der Waals surface area contributed by atoms with Gasteiger partial charge in [-0.25, -0.2) is 0 Å². The molecule has 1 aliphatic rings. The summed E-state index contributed by atoms with van der Waals surface area (Å²) >= 11 is 12.7. The van der Waals surface area contributed by atoms with E-state index in [2.05, 4.69) is 41.7 Å². The minimum Gasteiger partial charge on any atom is -0.356 e. The number of fused-ring (bicyclic) bond motifs is 1. The summed E-state index contributed by atoms with van der Waals surface area (Å²) in [4.78, 5) is 0. The zero-order valence-corrected chi connectivity index (χ0v) is 17.6. The predicted molar refractivity (Wildman–Crippen MR) is 123 cm³/mol. The molecule has 148 valence electrons. The van der Waals surface area contributed by atoms with Crippen molar-refractivity contribution in [3.63, 3.8) is 0 Å². The van der Waals surface area contributed by atoms with Gasteiger partial charge in [-0.05, 0) is 29.3 Å². The molecular formula is C26H19Cl2NO. The van der Waals surface area contributed by atoms with E-state index in [-0.39, 0.29) is 0 Å². The lowest BCUT2D eigenvalue weighted by Gasteiger charge is -2.44. The van der Waals surface area contributed by atoms with Gasteiger partial charge in [-0.3, -0.25) is 0 Å². The Morgan fingerprint density at radius 3 is 1.93 bits per heavy atom. The summed E-state index contributed by atoms with van der Waals surface area (Å²) in [6.07, 6.45) is -0.454. The molecule has 0 bridgehead atoms. The van der Waals surface area contributed by atoms with E-state index in [1.165, 1.54) is 0 Å². The third-order valence-corrected chi connectivity index (χ3v) is 6.06. The number of hydrogen-bond donors (Lipinski definition) is 1. The maximum absolute atomic E-state index is 6.94. The minimum absolute atomic E-state index is 0.454. The van der Waals surface area contributed by atoms with Crippen LogP contribution in [0.3, 0.4) is 0 Å². The maximum atomic E-state index is 6.94. The molecule has 2 nitrogen and oxygen atoms in total. The van der Waals surface area contributed by atoms with E-state index < -0.39 is 11.8 Å². The Labute approximate surface area is 186 Å². The fourth-order valence-electron chi connectivity index (χ4n) is 4.14. The smallest absolute Gasteiger partial charge is 0.157 e. The van der Waals surface area contributed by atoms with Gasteiger partial charge in [-0.2, -0.15) is 0 Å². The summed E-state index contributed by atoms with van der Waals surface area (Å²) in [5.74, 6) is 0. The van der Waals surface area contributed by atoms with Gasteiger partial charge in [0.25, 0.3) is 0 Å². The van der Waals surface area contributed by atoms with Crippen LogP contribution >= 0.6 is 23.2 Å². The second kappa shape index (κ2) is 7.81. The van der Waals surface area contributed by atoms with E-state index in [9.17, 15) is 0 Å². The van der Waals surface area contributed by atoms with Gasteiger partial charge in [-0.1, -0.05) is 108 Å². The molecule has 0 amide bonds. The van der Waals surface area contributed by atoms with Crippen LogP contribution in [0.2, 0.25) is 10.0 Å². The van der Waals surface area contributed by atoms with Crippen LogP contribution in [0.25, 0.3) is 0 Å². The van der Waals surface area contributed by atoms with Gasteiger partial charge >= 0.3 is 0 Å². The Bertz CT molecular complexity index is 1140. The molecule has 1 N–H and O–H groups in total. The largest absolute Gasteiger partial charge is 0.356 e. The highest BCUT2D eigenvalue weighted by atomic mass is 35.5. The highest BCUT2D eigenvalue weighted by molar-refractivity contribution is 6.35. The van der Waals surface area contributed by atoms with Crippen molar-refractivity contribution in [1.29, 1.82) is 0 Å². The number of para-hydroxylation sites is 1. The van der Waals surface area contributed by atoms with E-state index in [4.69, 9.17) is 27.9 Å². The first kappa shape index (κ1) is 19.2. The molecule has 0 saturated heterocycles. The average molecular weight is 432 g/mol. The monoisotopic (exact) mass is 431 g/mol. The van der Waals surface area contributed by atoms with E-state index in [1.54, 1.807) is 6.07 Å². The summed E-state index contributed by atoms with van der Waals surface area (Å²) < 4.78 is 6.94. The van der Waals surface area contributed by atoms with Crippen molar-refractivity contribution in [3.8, 4) is 0 Å². The van der Waals surface area contributed by atoms with Crippen molar-refractivity contribution >= 4 is 28.9 Å². The topological polar surface area (TPSA) is 21.3 Å². The normalized spacial score (nSPS) is 17.1.